The van der Waals surface area contributed by atoms with Gasteiger partial charge in [-0.15, -0.1) is 0 Å². The van der Waals surface area contributed by atoms with E-state index in [1.807, 2.05) is 18.2 Å². The van der Waals surface area contributed by atoms with Gasteiger partial charge in [-0.1, -0.05) is 41.9 Å². The fourth-order valence-electron chi connectivity index (χ4n) is 1.85. The van der Waals surface area contributed by atoms with E-state index in [-0.39, 0.29) is 11.7 Å². The molecule has 0 aromatic heterocycles. The minimum Gasteiger partial charge on any atom is -0.322 e. The van der Waals surface area contributed by atoms with Crippen molar-refractivity contribution >= 4 is 35.1 Å². The van der Waals surface area contributed by atoms with E-state index < -0.39 is 0 Å². The standard InChI is InChI=1S/C17H14ClNO2/c1-12(20)14-7-3-5-9-16(14)19-17(21)11-10-13-6-2-4-8-15(13)18/h2-11H,1H3,(H,19,21)/b11-10+. The Bertz CT molecular complexity index is 707. The maximum absolute atomic E-state index is 11.9. The number of benzene rings is 2. The van der Waals surface area contributed by atoms with Gasteiger partial charge in [-0.3, -0.25) is 9.59 Å². The summed E-state index contributed by atoms with van der Waals surface area (Å²) >= 11 is 6.01. The van der Waals surface area contributed by atoms with Crippen LogP contribution in [0, 0.1) is 0 Å². The zero-order valence-corrected chi connectivity index (χ0v) is 12.2. The summed E-state index contributed by atoms with van der Waals surface area (Å²) in [5.74, 6) is -0.412. The number of ketones is 1. The fraction of sp³-hybridized carbons (Fsp3) is 0.0588. The summed E-state index contributed by atoms with van der Waals surface area (Å²) in [6, 6.07) is 14.1. The number of carbonyl (C=O) groups is 2. The largest absolute Gasteiger partial charge is 0.322 e. The molecule has 21 heavy (non-hydrogen) atoms. The van der Waals surface area contributed by atoms with Crippen molar-refractivity contribution in [2.75, 3.05) is 5.32 Å². The summed E-state index contributed by atoms with van der Waals surface area (Å²) in [7, 11) is 0. The number of hydrogen-bond donors (Lipinski definition) is 1. The molecule has 2 aromatic carbocycles. The van der Waals surface area contributed by atoms with E-state index in [0.29, 0.717) is 16.3 Å². The lowest BCUT2D eigenvalue weighted by Crippen LogP contribution is -2.11. The van der Waals surface area contributed by atoms with Crippen molar-refractivity contribution in [2.24, 2.45) is 0 Å². The molecule has 0 radical (unpaired) electrons. The van der Waals surface area contributed by atoms with Crippen LogP contribution in [0.15, 0.2) is 54.6 Å². The normalized spacial score (nSPS) is 10.6. The molecular weight excluding hydrogens is 286 g/mol. The predicted molar refractivity (Wildman–Crippen MR) is 85.6 cm³/mol. The van der Waals surface area contributed by atoms with E-state index in [1.54, 1.807) is 36.4 Å². The van der Waals surface area contributed by atoms with Crippen molar-refractivity contribution in [1.29, 1.82) is 0 Å². The molecule has 4 heteroatoms. The van der Waals surface area contributed by atoms with Gasteiger partial charge in [0.1, 0.15) is 0 Å². The molecule has 0 unspecified atom stereocenters. The number of amides is 1. The minimum absolute atomic E-state index is 0.0963. The molecule has 0 saturated heterocycles. The summed E-state index contributed by atoms with van der Waals surface area (Å²) < 4.78 is 0. The number of Topliss-reactive ketones (excluding diaryl/α,β-unsaturated/α-hetero) is 1. The van der Waals surface area contributed by atoms with E-state index in [2.05, 4.69) is 5.32 Å². The van der Waals surface area contributed by atoms with Gasteiger partial charge in [0, 0.05) is 16.7 Å². The monoisotopic (exact) mass is 299 g/mol. The third-order valence-corrected chi connectivity index (χ3v) is 3.23. The van der Waals surface area contributed by atoms with E-state index in [4.69, 9.17) is 11.6 Å². The molecule has 0 saturated carbocycles. The number of rotatable bonds is 4. The van der Waals surface area contributed by atoms with Crippen molar-refractivity contribution in [1.82, 2.24) is 0 Å². The Kier molecular flexibility index (Phi) is 4.90. The molecule has 0 aliphatic carbocycles. The average molecular weight is 300 g/mol. The van der Waals surface area contributed by atoms with Crippen molar-refractivity contribution in [3.63, 3.8) is 0 Å². The van der Waals surface area contributed by atoms with Crippen LogP contribution < -0.4 is 5.32 Å². The third-order valence-electron chi connectivity index (χ3n) is 2.88. The highest BCUT2D eigenvalue weighted by Gasteiger charge is 2.07. The van der Waals surface area contributed by atoms with Crippen molar-refractivity contribution < 1.29 is 9.59 Å². The molecule has 0 aliphatic heterocycles. The highest BCUT2D eigenvalue weighted by molar-refractivity contribution is 6.32. The lowest BCUT2D eigenvalue weighted by atomic mass is 10.1. The first-order valence-corrected chi connectivity index (χ1v) is 6.79. The molecule has 0 bridgehead atoms. The number of anilines is 1. The van der Waals surface area contributed by atoms with Crippen LogP contribution in [0.3, 0.4) is 0 Å². The number of hydrogen-bond acceptors (Lipinski definition) is 2. The Morgan fingerprint density at radius 1 is 1.05 bits per heavy atom. The second-order valence-electron chi connectivity index (χ2n) is 4.45. The van der Waals surface area contributed by atoms with Crippen LogP contribution in [0.5, 0.6) is 0 Å². The van der Waals surface area contributed by atoms with Gasteiger partial charge < -0.3 is 5.32 Å². The van der Waals surface area contributed by atoms with Gasteiger partial charge >= 0.3 is 0 Å². The molecule has 0 atom stereocenters. The summed E-state index contributed by atoms with van der Waals surface area (Å²) in [6.45, 7) is 1.46. The summed E-state index contributed by atoms with van der Waals surface area (Å²) in [5, 5.41) is 3.27. The molecule has 0 spiro atoms. The smallest absolute Gasteiger partial charge is 0.248 e. The molecule has 2 aromatic rings. The maximum Gasteiger partial charge on any atom is 0.248 e. The van der Waals surface area contributed by atoms with Crippen LogP contribution in [-0.4, -0.2) is 11.7 Å². The average Bonchev–Trinajstić information content (AvgIpc) is 2.47. The van der Waals surface area contributed by atoms with E-state index in [0.717, 1.165) is 5.56 Å². The van der Waals surface area contributed by atoms with E-state index in [9.17, 15) is 9.59 Å². The van der Waals surface area contributed by atoms with Gasteiger partial charge in [0.15, 0.2) is 5.78 Å². The number of halogens is 1. The molecule has 0 aliphatic rings. The first-order chi connectivity index (χ1) is 10.1. The molecule has 1 amide bonds. The first-order valence-electron chi connectivity index (χ1n) is 6.41. The van der Waals surface area contributed by atoms with Gasteiger partial charge in [-0.2, -0.15) is 0 Å². The van der Waals surface area contributed by atoms with Crippen LogP contribution in [-0.2, 0) is 4.79 Å². The van der Waals surface area contributed by atoms with Crippen molar-refractivity contribution in [3.05, 3.63) is 70.8 Å². The summed E-state index contributed by atoms with van der Waals surface area (Å²) in [4.78, 5) is 23.4. The quantitative estimate of drug-likeness (QED) is 0.679. The van der Waals surface area contributed by atoms with Crippen molar-refractivity contribution in [3.8, 4) is 0 Å². The highest BCUT2D eigenvalue weighted by atomic mass is 35.5. The van der Waals surface area contributed by atoms with Gasteiger partial charge in [0.2, 0.25) is 5.91 Å². The second-order valence-corrected chi connectivity index (χ2v) is 4.85. The Hall–Kier alpha value is -2.39. The number of para-hydroxylation sites is 1. The third kappa shape index (κ3) is 4.04. The molecule has 0 heterocycles. The maximum atomic E-state index is 11.9. The van der Waals surface area contributed by atoms with Gasteiger partial charge in [0.25, 0.3) is 0 Å². The van der Waals surface area contributed by atoms with Crippen LogP contribution in [0.1, 0.15) is 22.8 Å². The summed E-state index contributed by atoms with van der Waals surface area (Å²) in [6.07, 6.45) is 3.02. The molecule has 106 valence electrons. The van der Waals surface area contributed by atoms with Crippen LogP contribution in [0.4, 0.5) is 5.69 Å². The Labute approximate surface area is 128 Å². The molecule has 0 fully saturated rings. The van der Waals surface area contributed by atoms with Crippen molar-refractivity contribution in [2.45, 2.75) is 6.92 Å². The highest BCUT2D eigenvalue weighted by Crippen LogP contribution is 2.17. The first kappa shape index (κ1) is 15.0. The van der Waals surface area contributed by atoms with E-state index >= 15 is 0 Å². The zero-order valence-electron chi connectivity index (χ0n) is 11.5. The Balaban J connectivity index is 2.13. The summed E-state index contributed by atoms with van der Waals surface area (Å²) in [5.41, 5.74) is 1.74. The zero-order chi connectivity index (χ0) is 15.2. The number of nitrogens with one attached hydrogen (secondary N) is 1. The molecule has 2 rings (SSSR count). The minimum atomic E-state index is -0.316. The second kappa shape index (κ2) is 6.86. The van der Waals surface area contributed by atoms with Gasteiger partial charge in [0.05, 0.1) is 5.69 Å². The Morgan fingerprint density at radius 2 is 1.71 bits per heavy atom. The molecular formula is C17H14ClNO2. The van der Waals surface area contributed by atoms with E-state index in [1.165, 1.54) is 13.0 Å². The molecule has 3 nitrogen and oxygen atoms in total. The lowest BCUT2D eigenvalue weighted by Gasteiger charge is -2.06. The predicted octanol–water partition coefficient (Wildman–Crippen LogP) is 4.19. The van der Waals surface area contributed by atoms with Crippen LogP contribution >= 0.6 is 11.6 Å². The van der Waals surface area contributed by atoms with Gasteiger partial charge in [-0.25, -0.2) is 0 Å². The van der Waals surface area contributed by atoms with Crippen LogP contribution in [0.25, 0.3) is 6.08 Å². The number of carbonyl (C=O) groups excluding carboxylic acids is 2. The van der Waals surface area contributed by atoms with Gasteiger partial charge in [-0.05, 0) is 36.8 Å². The van der Waals surface area contributed by atoms with Crippen LogP contribution in [0.2, 0.25) is 5.02 Å². The lowest BCUT2D eigenvalue weighted by molar-refractivity contribution is -0.111. The SMILES string of the molecule is CC(=O)c1ccccc1NC(=O)/C=C/c1ccccc1Cl. The fourth-order valence-corrected chi connectivity index (χ4v) is 2.05. The molecule has 1 N–H and O–H groups in total. The Morgan fingerprint density at radius 3 is 2.43 bits per heavy atom. The topological polar surface area (TPSA) is 46.2 Å².